The van der Waals surface area contributed by atoms with Crippen molar-refractivity contribution in [3.8, 4) is 0 Å². The third-order valence-electron chi connectivity index (χ3n) is 3.49. The standard InChI is InChI=1S/C15H27N3/c1-5-9-16-11-13-12-17-10-8-15(13)18(4)14(6-2)7-3/h8,10,12,14,16H,5-7,9,11H2,1-4H3. The van der Waals surface area contributed by atoms with Crippen LogP contribution in [0.25, 0.3) is 0 Å². The van der Waals surface area contributed by atoms with Crippen molar-refractivity contribution < 1.29 is 0 Å². The molecule has 1 aromatic rings. The summed E-state index contributed by atoms with van der Waals surface area (Å²) in [6.07, 6.45) is 7.39. The maximum absolute atomic E-state index is 4.25. The highest BCUT2D eigenvalue weighted by molar-refractivity contribution is 5.52. The number of aromatic nitrogens is 1. The van der Waals surface area contributed by atoms with Crippen LogP contribution in [0.15, 0.2) is 18.5 Å². The van der Waals surface area contributed by atoms with Gasteiger partial charge in [-0.15, -0.1) is 0 Å². The lowest BCUT2D eigenvalue weighted by molar-refractivity contribution is 0.586. The van der Waals surface area contributed by atoms with E-state index in [1.54, 1.807) is 0 Å². The molecule has 0 aromatic carbocycles. The Balaban J connectivity index is 2.79. The van der Waals surface area contributed by atoms with E-state index < -0.39 is 0 Å². The average molecular weight is 249 g/mol. The predicted molar refractivity (Wildman–Crippen MR) is 79.0 cm³/mol. The molecule has 0 atom stereocenters. The summed E-state index contributed by atoms with van der Waals surface area (Å²) >= 11 is 0. The van der Waals surface area contributed by atoms with Crippen LogP contribution in [0.2, 0.25) is 0 Å². The van der Waals surface area contributed by atoms with Crippen molar-refractivity contribution in [1.29, 1.82) is 0 Å². The molecule has 0 aliphatic carbocycles. The topological polar surface area (TPSA) is 28.2 Å². The smallest absolute Gasteiger partial charge is 0.0442 e. The number of nitrogens with one attached hydrogen (secondary N) is 1. The lowest BCUT2D eigenvalue weighted by Crippen LogP contribution is -2.31. The van der Waals surface area contributed by atoms with Gasteiger partial charge in [0.05, 0.1) is 0 Å². The van der Waals surface area contributed by atoms with E-state index in [4.69, 9.17) is 0 Å². The highest BCUT2D eigenvalue weighted by Crippen LogP contribution is 2.22. The Kier molecular flexibility index (Phi) is 6.73. The monoisotopic (exact) mass is 249 g/mol. The summed E-state index contributed by atoms with van der Waals surface area (Å²) in [5.74, 6) is 0. The van der Waals surface area contributed by atoms with Gasteiger partial charge in [-0.25, -0.2) is 0 Å². The third kappa shape index (κ3) is 3.98. The van der Waals surface area contributed by atoms with Crippen LogP contribution in [0, 0.1) is 0 Å². The van der Waals surface area contributed by atoms with E-state index in [1.165, 1.54) is 24.1 Å². The summed E-state index contributed by atoms with van der Waals surface area (Å²) in [5.41, 5.74) is 2.60. The van der Waals surface area contributed by atoms with Crippen LogP contribution < -0.4 is 10.2 Å². The van der Waals surface area contributed by atoms with Crippen LogP contribution in [-0.4, -0.2) is 24.6 Å². The Morgan fingerprint density at radius 2 is 2.00 bits per heavy atom. The molecule has 0 aliphatic rings. The normalized spacial score (nSPS) is 10.9. The number of hydrogen-bond acceptors (Lipinski definition) is 3. The lowest BCUT2D eigenvalue weighted by Gasteiger charge is -2.30. The maximum Gasteiger partial charge on any atom is 0.0442 e. The molecule has 3 nitrogen and oxygen atoms in total. The zero-order chi connectivity index (χ0) is 13.4. The van der Waals surface area contributed by atoms with Gasteiger partial charge in [-0.2, -0.15) is 0 Å². The second-order valence-electron chi connectivity index (χ2n) is 4.76. The van der Waals surface area contributed by atoms with Gasteiger partial charge in [0.25, 0.3) is 0 Å². The quantitative estimate of drug-likeness (QED) is 0.717. The van der Waals surface area contributed by atoms with E-state index in [-0.39, 0.29) is 0 Å². The largest absolute Gasteiger partial charge is 0.371 e. The Bertz CT molecular complexity index is 334. The van der Waals surface area contributed by atoms with Crippen molar-refractivity contribution in [2.24, 2.45) is 0 Å². The molecule has 18 heavy (non-hydrogen) atoms. The molecule has 0 saturated heterocycles. The number of anilines is 1. The average Bonchev–Trinajstić information content (AvgIpc) is 2.41. The van der Waals surface area contributed by atoms with Gasteiger partial charge in [-0.1, -0.05) is 20.8 Å². The molecule has 0 radical (unpaired) electrons. The fourth-order valence-corrected chi connectivity index (χ4v) is 2.33. The Morgan fingerprint density at radius 3 is 2.61 bits per heavy atom. The molecular weight excluding hydrogens is 222 g/mol. The maximum atomic E-state index is 4.25. The van der Waals surface area contributed by atoms with Crippen molar-refractivity contribution in [1.82, 2.24) is 10.3 Å². The van der Waals surface area contributed by atoms with Gasteiger partial charge in [-0.3, -0.25) is 4.98 Å². The molecule has 3 heteroatoms. The third-order valence-corrected chi connectivity index (χ3v) is 3.49. The van der Waals surface area contributed by atoms with Crippen LogP contribution in [0.3, 0.4) is 0 Å². The van der Waals surface area contributed by atoms with E-state index >= 15 is 0 Å². The minimum atomic E-state index is 0.609. The fraction of sp³-hybridized carbons (Fsp3) is 0.667. The summed E-state index contributed by atoms with van der Waals surface area (Å²) < 4.78 is 0. The van der Waals surface area contributed by atoms with E-state index in [0.29, 0.717) is 6.04 Å². The molecule has 0 aliphatic heterocycles. The number of pyridine rings is 1. The van der Waals surface area contributed by atoms with E-state index in [2.05, 4.69) is 49.1 Å². The Labute approximate surface area is 112 Å². The highest BCUT2D eigenvalue weighted by atomic mass is 15.1. The molecule has 0 fully saturated rings. The molecule has 1 aromatic heterocycles. The van der Waals surface area contributed by atoms with Crippen molar-refractivity contribution >= 4 is 5.69 Å². The van der Waals surface area contributed by atoms with Crippen LogP contribution in [0.1, 0.15) is 45.6 Å². The SMILES string of the molecule is CCCNCc1cnccc1N(C)C(CC)CC. The van der Waals surface area contributed by atoms with Crippen LogP contribution in [0.5, 0.6) is 0 Å². The molecule has 0 spiro atoms. The first-order valence-electron chi connectivity index (χ1n) is 7.10. The molecule has 0 bridgehead atoms. The molecule has 0 saturated carbocycles. The van der Waals surface area contributed by atoms with Gasteiger partial charge in [0.1, 0.15) is 0 Å². The molecule has 1 heterocycles. The second-order valence-corrected chi connectivity index (χ2v) is 4.76. The Morgan fingerprint density at radius 1 is 1.28 bits per heavy atom. The molecule has 0 amide bonds. The molecule has 1 N–H and O–H groups in total. The van der Waals surface area contributed by atoms with Crippen molar-refractivity contribution in [3.05, 3.63) is 24.0 Å². The number of nitrogens with zero attached hydrogens (tertiary/aromatic N) is 2. The van der Waals surface area contributed by atoms with Crippen LogP contribution in [0.4, 0.5) is 5.69 Å². The van der Waals surface area contributed by atoms with Gasteiger partial charge in [-0.05, 0) is 31.9 Å². The van der Waals surface area contributed by atoms with Gasteiger partial charge < -0.3 is 10.2 Å². The Hall–Kier alpha value is -1.09. The minimum Gasteiger partial charge on any atom is -0.371 e. The van der Waals surface area contributed by atoms with Crippen LogP contribution >= 0.6 is 0 Å². The summed E-state index contributed by atoms with van der Waals surface area (Å²) in [4.78, 5) is 6.64. The summed E-state index contributed by atoms with van der Waals surface area (Å²) in [5, 5.41) is 3.45. The summed E-state index contributed by atoms with van der Waals surface area (Å²) in [6, 6.07) is 2.73. The zero-order valence-electron chi connectivity index (χ0n) is 12.2. The van der Waals surface area contributed by atoms with Crippen molar-refractivity contribution in [2.75, 3.05) is 18.5 Å². The van der Waals surface area contributed by atoms with Gasteiger partial charge >= 0.3 is 0 Å². The second kappa shape index (κ2) is 8.09. The number of hydrogen-bond donors (Lipinski definition) is 1. The van der Waals surface area contributed by atoms with Crippen LogP contribution in [-0.2, 0) is 6.54 Å². The highest BCUT2D eigenvalue weighted by Gasteiger charge is 2.14. The molecular formula is C15H27N3. The first-order chi connectivity index (χ1) is 8.74. The van der Waals surface area contributed by atoms with Crippen molar-refractivity contribution in [2.45, 2.75) is 52.6 Å². The number of rotatable bonds is 8. The van der Waals surface area contributed by atoms with Gasteiger partial charge in [0, 0.05) is 43.3 Å². The molecule has 1 rings (SSSR count). The van der Waals surface area contributed by atoms with E-state index in [1.807, 2.05) is 12.4 Å². The first-order valence-corrected chi connectivity index (χ1v) is 7.10. The minimum absolute atomic E-state index is 0.609. The lowest BCUT2D eigenvalue weighted by atomic mass is 10.1. The summed E-state index contributed by atoms with van der Waals surface area (Å²) in [7, 11) is 2.19. The predicted octanol–water partition coefficient (Wildman–Crippen LogP) is 3.21. The van der Waals surface area contributed by atoms with Crippen molar-refractivity contribution in [3.63, 3.8) is 0 Å². The molecule has 102 valence electrons. The zero-order valence-corrected chi connectivity index (χ0v) is 12.2. The van der Waals surface area contributed by atoms with E-state index in [0.717, 1.165) is 19.5 Å². The summed E-state index contributed by atoms with van der Waals surface area (Å²) in [6.45, 7) is 8.65. The van der Waals surface area contributed by atoms with E-state index in [9.17, 15) is 0 Å². The van der Waals surface area contributed by atoms with Gasteiger partial charge in [0.15, 0.2) is 0 Å². The first kappa shape index (κ1) is 15.0. The van der Waals surface area contributed by atoms with Gasteiger partial charge in [0.2, 0.25) is 0 Å². The fourth-order valence-electron chi connectivity index (χ4n) is 2.33. The molecule has 0 unspecified atom stereocenters.